The van der Waals surface area contributed by atoms with Crippen LogP contribution in [0, 0.1) is 7.43 Å². The number of aromatic nitrogens is 4. The number of anilines is 2. The van der Waals surface area contributed by atoms with Gasteiger partial charge in [-0.3, -0.25) is 0 Å². The average molecular weight is 944 g/mol. The van der Waals surface area contributed by atoms with Gasteiger partial charge in [-0.25, -0.2) is 13.6 Å². The normalized spacial score (nSPS) is 13.8. The van der Waals surface area contributed by atoms with Gasteiger partial charge in [0.25, 0.3) is 0 Å². The number of hydrogen-bond donors (Lipinski definition) is 4. The van der Waals surface area contributed by atoms with Crippen LogP contribution >= 0.6 is 12.4 Å². The van der Waals surface area contributed by atoms with Gasteiger partial charge in [0, 0.05) is 68.5 Å². The van der Waals surface area contributed by atoms with Crippen LogP contribution in [0.15, 0.2) is 81.2 Å². The van der Waals surface area contributed by atoms with Gasteiger partial charge in [-0.2, -0.15) is 0 Å². The first-order valence-corrected chi connectivity index (χ1v) is 16.5. The molecule has 0 radical (unpaired) electrons. The fourth-order valence-electron chi connectivity index (χ4n) is 4.10. The molecule has 5 N–H and O–H groups in total. The molecule has 18 heteroatoms. The Labute approximate surface area is 333 Å². The Morgan fingerprint density at radius 3 is 1.59 bits per heavy atom. The summed E-state index contributed by atoms with van der Waals surface area (Å²) in [5.74, 6) is 2.01. The van der Waals surface area contributed by atoms with E-state index >= 15 is 0 Å². The maximum absolute atomic E-state index is 13.1. The Bertz CT molecular complexity index is 1780. The summed E-state index contributed by atoms with van der Waals surface area (Å²) in [7, 11) is 0. The number of nitrogens with two attached hydrogens (primary N) is 1. The van der Waals surface area contributed by atoms with E-state index in [1.165, 1.54) is 0 Å². The van der Waals surface area contributed by atoms with Crippen molar-refractivity contribution in [2.75, 3.05) is 36.9 Å². The molecule has 0 atom stereocenters. The fraction of sp³-hybridized carbons (Fsp3) is 0.389. The molecule has 0 unspecified atom stereocenters. The van der Waals surface area contributed by atoms with Gasteiger partial charge in [0.05, 0.1) is 12.7 Å². The zero-order valence-electron chi connectivity index (χ0n) is 30.5. The Morgan fingerprint density at radius 2 is 1.22 bits per heavy atom. The van der Waals surface area contributed by atoms with E-state index in [9.17, 15) is 13.6 Å². The number of halogens is 3. The Morgan fingerprint density at radius 1 is 0.796 bits per heavy atom. The van der Waals surface area contributed by atoms with Crippen molar-refractivity contribution in [2.45, 2.75) is 64.1 Å². The van der Waals surface area contributed by atoms with Crippen molar-refractivity contribution in [3.8, 4) is 34.4 Å². The van der Waals surface area contributed by atoms with E-state index in [-0.39, 0.29) is 72.8 Å². The molecule has 54 heavy (non-hydrogen) atoms. The zero-order chi connectivity index (χ0) is 36.2. The van der Waals surface area contributed by atoms with E-state index in [1.807, 2.05) is 12.1 Å². The zero-order valence-corrected chi connectivity index (χ0v) is 34.2. The van der Waals surface area contributed by atoms with Crippen molar-refractivity contribution in [1.29, 1.82) is 0 Å². The van der Waals surface area contributed by atoms with Gasteiger partial charge < -0.3 is 52.2 Å². The third-order valence-corrected chi connectivity index (χ3v) is 7.14. The van der Waals surface area contributed by atoms with Crippen LogP contribution in [0.5, 0.6) is 11.5 Å². The van der Waals surface area contributed by atoms with Crippen molar-refractivity contribution in [2.24, 2.45) is 5.73 Å². The molecular weight excluding hydrogens is 898 g/mol. The van der Waals surface area contributed by atoms with Crippen LogP contribution in [0.1, 0.15) is 46.5 Å². The number of amides is 1. The summed E-state index contributed by atoms with van der Waals surface area (Å²) in [5, 5.41) is 24.7. The fourth-order valence-corrected chi connectivity index (χ4v) is 4.10. The summed E-state index contributed by atoms with van der Waals surface area (Å²) < 4.78 is 52.7. The molecule has 294 valence electrons. The number of ether oxygens (including phenoxy) is 3. The monoisotopic (exact) mass is 943 g/mol. The summed E-state index contributed by atoms with van der Waals surface area (Å²) in [5.41, 5.74) is 6.97. The van der Waals surface area contributed by atoms with E-state index in [4.69, 9.17) is 28.8 Å². The van der Waals surface area contributed by atoms with Crippen molar-refractivity contribution in [1.82, 2.24) is 25.7 Å². The molecule has 2 heterocycles. The minimum atomic E-state index is -0.616. The van der Waals surface area contributed by atoms with Gasteiger partial charge in [-0.05, 0) is 95.0 Å². The standard InChI is InChI=1S/C20H25FN4O4.C15H17FN4O2.CH3.ClH.W/c1-20(2,3)29-19(26)22-11-13(10-21)12-27-16-8-4-14(5-9-16)17-24-25-18(28-17)23-15-6-7-15;16-7-10(8-17)9-21-13-5-1-11(2-6-13)14-19-20-15(22-14)18-12-3-4-12;;;/h4-5,8-10,15H,6-7,11-12H2,1-3H3,(H,22,26)(H,23,25);1-2,5-7,12H,3-4,8-9,17H2,(H,18,20);1H3;1H;/q;;-1;;/b13-10+;10-7+;;;. The first-order chi connectivity index (χ1) is 24.6. The number of nitrogens with zero attached hydrogens (tertiary/aromatic N) is 4. The predicted molar refractivity (Wildman–Crippen MR) is 199 cm³/mol. The van der Waals surface area contributed by atoms with Gasteiger partial charge in [-0.1, -0.05) is 10.2 Å². The van der Waals surface area contributed by atoms with Gasteiger partial charge in [0.15, 0.2) is 0 Å². The summed E-state index contributed by atoms with van der Waals surface area (Å²) >= 11 is 0. The van der Waals surface area contributed by atoms with Gasteiger partial charge in [0.1, 0.15) is 30.3 Å². The van der Waals surface area contributed by atoms with Crippen molar-refractivity contribution < 1.29 is 57.7 Å². The second-order valence-corrected chi connectivity index (χ2v) is 12.9. The second kappa shape index (κ2) is 22.0. The minimum Gasteiger partial charge on any atom is -0.489 e. The van der Waals surface area contributed by atoms with E-state index in [0.29, 0.717) is 65.6 Å². The molecule has 2 aromatic carbocycles. The summed E-state index contributed by atoms with van der Waals surface area (Å²) in [6, 6.07) is 15.9. The number of rotatable bonds is 15. The van der Waals surface area contributed by atoms with Gasteiger partial charge in [0.2, 0.25) is 11.8 Å². The quantitative estimate of drug-likeness (QED) is 0.0864. The molecule has 0 spiro atoms. The molecule has 6 rings (SSSR count). The van der Waals surface area contributed by atoms with E-state index in [1.54, 1.807) is 57.2 Å². The molecule has 1 amide bonds. The maximum Gasteiger partial charge on any atom is 0.407 e. The SMILES string of the molecule is CC(C)(C)OC(=O)NC/C(=C\F)COc1ccc(-c2nnc(NC3CC3)o2)cc1.Cl.NC/C(=C\F)COc1ccc(-c2nnc(NC3CC3)o2)cc1.[CH3-].[W]. The van der Waals surface area contributed by atoms with E-state index in [2.05, 4.69) is 36.3 Å². The summed E-state index contributed by atoms with van der Waals surface area (Å²) in [4.78, 5) is 11.6. The smallest absolute Gasteiger partial charge is 0.407 e. The van der Waals surface area contributed by atoms with Crippen molar-refractivity contribution in [3.05, 3.63) is 79.8 Å². The number of nitrogens with one attached hydrogen (secondary N) is 3. The minimum absolute atomic E-state index is 0. The number of carbonyl (C=O) groups is 1. The molecule has 2 aromatic heterocycles. The average Bonchev–Trinajstić information content (AvgIpc) is 4.02. The molecule has 14 nitrogen and oxygen atoms in total. The predicted octanol–water partition coefficient (Wildman–Crippen LogP) is 7.44. The first kappa shape index (κ1) is 45.6. The first-order valence-electron chi connectivity index (χ1n) is 16.5. The van der Waals surface area contributed by atoms with Gasteiger partial charge >= 0.3 is 18.1 Å². The summed E-state index contributed by atoms with van der Waals surface area (Å²) in [6.07, 6.45) is 4.79. The molecule has 0 aliphatic heterocycles. The largest absolute Gasteiger partial charge is 0.489 e. The van der Waals surface area contributed by atoms with Crippen LogP contribution in [-0.4, -0.2) is 70.5 Å². The van der Waals surface area contributed by atoms with Crippen molar-refractivity contribution >= 4 is 30.5 Å². The Balaban J connectivity index is 0.000000365. The molecular formula is C36H46ClF2N8O6W-. The van der Waals surface area contributed by atoms with Crippen LogP contribution in [-0.2, 0) is 25.8 Å². The number of alkyl carbamates (subject to hydrolysis) is 1. The van der Waals surface area contributed by atoms with Gasteiger partial charge in [-0.15, -0.1) is 22.6 Å². The van der Waals surface area contributed by atoms with Crippen LogP contribution in [0.4, 0.5) is 25.6 Å². The second-order valence-electron chi connectivity index (χ2n) is 12.9. The molecule has 2 saturated carbocycles. The Hall–Kier alpha value is -4.53. The summed E-state index contributed by atoms with van der Waals surface area (Å²) in [6.45, 7) is 5.50. The molecule has 2 aliphatic carbocycles. The maximum atomic E-state index is 13.1. The number of carbonyl (C=O) groups excluding carboxylic acids is 1. The Kier molecular flexibility index (Phi) is 18.6. The van der Waals surface area contributed by atoms with E-state index < -0.39 is 11.7 Å². The topological polar surface area (TPSA) is 185 Å². The van der Waals surface area contributed by atoms with Crippen LogP contribution in [0.3, 0.4) is 0 Å². The molecule has 2 aliphatic rings. The van der Waals surface area contributed by atoms with E-state index in [0.717, 1.165) is 36.8 Å². The molecule has 0 bridgehead atoms. The molecule has 2 fully saturated rings. The molecule has 4 aromatic rings. The van der Waals surface area contributed by atoms with Crippen LogP contribution in [0.25, 0.3) is 22.9 Å². The third kappa shape index (κ3) is 15.4. The number of hydrogen-bond acceptors (Lipinski definition) is 13. The molecule has 0 saturated heterocycles. The number of benzene rings is 2. The van der Waals surface area contributed by atoms with Crippen molar-refractivity contribution in [3.63, 3.8) is 0 Å². The van der Waals surface area contributed by atoms with Crippen LogP contribution < -0.4 is 31.2 Å². The third-order valence-electron chi connectivity index (χ3n) is 7.14. The van der Waals surface area contributed by atoms with Crippen LogP contribution in [0.2, 0.25) is 0 Å².